The average Bonchev–Trinajstić information content (AvgIpc) is 2.72. The molecule has 6 aliphatic rings. The van der Waals surface area contributed by atoms with Crippen LogP contribution in [0.15, 0.2) is 30.0 Å². The molecule has 130 valence electrons. The van der Waals surface area contributed by atoms with E-state index in [0.29, 0.717) is 0 Å². The SMILES string of the molecule is O=C1C=C(C23CC4CC(CC(C4)C2)C3)N2CCCc3cccc(c32)N1. The summed E-state index contributed by atoms with van der Waals surface area (Å²) < 4.78 is 0. The zero-order chi connectivity index (χ0) is 16.6. The number of rotatable bonds is 1. The van der Waals surface area contributed by atoms with Gasteiger partial charge >= 0.3 is 0 Å². The van der Waals surface area contributed by atoms with Gasteiger partial charge in [0.05, 0.1) is 11.4 Å². The van der Waals surface area contributed by atoms with Gasteiger partial charge in [0.2, 0.25) is 5.91 Å². The van der Waals surface area contributed by atoms with Crippen LogP contribution in [0, 0.1) is 23.2 Å². The summed E-state index contributed by atoms with van der Waals surface area (Å²) in [4.78, 5) is 15.3. The number of aryl methyl sites for hydroxylation is 1. The van der Waals surface area contributed by atoms with Gasteiger partial charge in [-0.15, -0.1) is 0 Å². The first kappa shape index (κ1) is 14.4. The van der Waals surface area contributed by atoms with E-state index in [-0.39, 0.29) is 11.3 Å². The summed E-state index contributed by atoms with van der Waals surface area (Å²) in [5.74, 6) is 2.78. The molecule has 3 heteroatoms. The highest BCUT2D eigenvalue weighted by molar-refractivity contribution is 6.05. The number of hydrogen-bond acceptors (Lipinski definition) is 2. The Hall–Kier alpha value is -1.77. The monoisotopic (exact) mass is 334 g/mol. The molecule has 1 amide bonds. The van der Waals surface area contributed by atoms with Crippen LogP contribution in [0.1, 0.15) is 50.5 Å². The number of hydrogen-bond donors (Lipinski definition) is 1. The molecule has 4 saturated carbocycles. The fraction of sp³-hybridized carbons (Fsp3) is 0.591. The lowest BCUT2D eigenvalue weighted by atomic mass is 9.48. The molecule has 25 heavy (non-hydrogen) atoms. The van der Waals surface area contributed by atoms with Gasteiger partial charge in [0.1, 0.15) is 0 Å². The summed E-state index contributed by atoms with van der Waals surface area (Å²) in [6.45, 7) is 1.06. The fourth-order valence-corrected chi connectivity index (χ4v) is 7.23. The lowest BCUT2D eigenvalue weighted by molar-refractivity contribution is -0.112. The van der Waals surface area contributed by atoms with Crippen molar-refractivity contribution in [3.63, 3.8) is 0 Å². The van der Waals surface area contributed by atoms with Crippen molar-refractivity contribution in [2.24, 2.45) is 23.2 Å². The summed E-state index contributed by atoms with van der Waals surface area (Å²) in [6.07, 6.45) is 12.6. The van der Waals surface area contributed by atoms with Crippen molar-refractivity contribution >= 4 is 17.3 Å². The number of anilines is 2. The van der Waals surface area contributed by atoms with Crippen LogP contribution in [0.3, 0.4) is 0 Å². The third-order valence-electron chi connectivity index (χ3n) is 7.62. The Bertz CT molecular complexity index is 758. The molecule has 4 bridgehead atoms. The second-order valence-corrected chi connectivity index (χ2v) is 9.29. The molecular formula is C22H26N2O. The summed E-state index contributed by atoms with van der Waals surface area (Å²) in [6, 6.07) is 6.42. The Labute approximate surface area is 149 Å². The van der Waals surface area contributed by atoms with Gasteiger partial charge < -0.3 is 10.2 Å². The largest absolute Gasteiger partial charge is 0.342 e. The Morgan fingerprint density at radius 2 is 1.76 bits per heavy atom. The predicted octanol–water partition coefficient (Wildman–Crippen LogP) is 4.49. The van der Waals surface area contributed by atoms with E-state index in [9.17, 15) is 4.79 Å². The minimum absolute atomic E-state index is 0.0774. The van der Waals surface area contributed by atoms with Crippen LogP contribution >= 0.6 is 0 Å². The molecule has 0 unspecified atom stereocenters. The predicted molar refractivity (Wildman–Crippen MR) is 99.4 cm³/mol. The van der Waals surface area contributed by atoms with Crippen LogP contribution in [0.2, 0.25) is 0 Å². The number of nitrogens with one attached hydrogen (secondary N) is 1. The third kappa shape index (κ3) is 2.01. The second kappa shape index (κ2) is 4.90. The first-order valence-corrected chi connectivity index (χ1v) is 10.1. The number of allylic oxidation sites excluding steroid dienone is 1. The number of carbonyl (C=O) groups excluding carboxylic acids is 1. The molecule has 1 aromatic carbocycles. The molecular weight excluding hydrogens is 308 g/mol. The Kier molecular flexibility index (Phi) is 2.82. The van der Waals surface area contributed by atoms with Crippen LogP contribution in [-0.4, -0.2) is 12.5 Å². The van der Waals surface area contributed by atoms with Gasteiger partial charge in [-0.05, 0) is 80.8 Å². The van der Waals surface area contributed by atoms with Gasteiger partial charge in [-0.25, -0.2) is 0 Å². The molecule has 0 spiro atoms. The summed E-state index contributed by atoms with van der Waals surface area (Å²) >= 11 is 0. The quantitative estimate of drug-likeness (QED) is 0.820. The van der Waals surface area contributed by atoms with E-state index in [4.69, 9.17) is 0 Å². The smallest absolute Gasteiger partial charge is 0.250 e. The topological polar surface area (TPSA) is 32.3 Å². The lowest BCUT2D eigenvalue weighted by Crippen LogP contribution is -2.50. The first-order valence-electron chi connectivity index (χ1n) is 10.1. The van der Waals surface area contributed by atoms with Crippen LogP contribution in [-0.2, 0) is 11.2 Å². The number of amides is 1. The van der Waals surface area contributed by atoms with E-state index >= 15 is 0 Å². The molecule has 2 aliphatic heterocycles. The molecule has 1 N–H and O–H groups in total. The highest BCUT2D eigenvalue weighted by Crippen LogP contribution is 2.64. The minimum atomic E-state index is 0.0774. The average molecular weight is 334 g/mol. The van der Waals surface area contributed by atoms with Gasteiger partial charge in [-0.1, -0.05) is 12.1 Å². The van der Waals surface area contributed by atoms with Gasteiger partial charge in [0.15, 0.2) is 0 Å². The van der Waals surface area contributed by atoms with Gasteiger partial charge in [-0.3, -0.25) is 4.79 Å². The van der Waals surface area contributed by atoms with E-state index in [1.54, 1.807) is 0 Å². The van der Waals surface area contributed by atoms with E-state index in [1.165, 1.54) is 61.9 Å². The molecule has 0 atom stereocenters. The standard InChI is InChI=1S/C22H26N2O/c25-20-10-19(22-11-14-7-15(12-22)9-16(8-14)13-22)24-6-2-4-17-3-1-5-18(23-20)21(17)24/h1,3,5,10,14-16H,2,4,6-9,11-13H2,(H,23,25). The van der Waals surface area contributed by atoms with E-state index < -0.39 is 0 Å². The molecule has 2 heterocycles. The number of benzene rings is 1. The highest BCUT2D eigenvalue weighted by atomic mass is 16.1. The fourth-order valence-electron chi connectivity index (χ4n) is 7.23. The molecule has 0 saturated heterocycles. The van der Waals surface area contributed by atoms with Gasteiger partial charge in [-0.2, -0.15) is 0 Å². The van der Waals surface area contributed by atoms with Crippen LogP contribution in [0.5, 0.6) is 0 Å². The summed E-state index contributed by atoms with van der Waals surface area (Å²) in [5.41, 5.74) is 5.33. The summed E-state index contributed by atoms with van der Waals surface area (Å²) in [5, 5.41) is 3.17. The normalized spacial score (nSPS) is 38.1. The Morgan fingerprint density at radius 1 is 1.04 bits per heavy atom. The van der Waals surface area contributed by atoms with Crippen LogP contribution < -0.4 is 10.2 Å². The first-order chi connectivity index (χ1) is 12.2. The molecule has 3 nitrogen and oxygen atoms in total. The Morgan fingerprint density at radius 3 is 2.48 bits per heavy atom. The highest BCUT2D eigenvalue weighted by Gasteiger charge is 2.54. The van der Waals surface area contributed by atoms with E-state index in [2.05, 4.69) is 28.4 Å². The number of nitrogens with zero attached hydrogens (tertiary/aromatic N) is 1. The Balaban J connectivity index is 1.51. The van der Waals surface area contributed by atoms with Crippen molar-refractivity contribution in [1.29, 1.82) is 0 Å². The maximum atomic E-state index is 12.7. The number of carbonyl (C=O) groups is 1. The molecule has 0 radical (unpaired) electrons. The zero-order valence-corrected chi connectivity index (χ0v) is 14.8. The lowest BCUT2D eigenvalue weighted by Gasteiger charge is -2.59. The zero-order valence-electron chi connectivity index (χ0n) is 14.8. The molecule has 0 aromatic heterocycles. The maximum absolute atomic E-state index is 12.7. The maximum Gasteiger partial charge on any atom is 0.250 e. The third-order valence-corrected chi connectivity index (χ3v) is 7.62. The molecule has 4 fully saturated rings. The van der Waals surface area contributed by atoms with Crippen molar-refractivity contribution < 1.29 is 4.79 Å². The van der Waals surface area contributed by atoms with Crippen molar-refractivity contribution in [2.45, 2.75) is 51.4 Å². The van der Waals surface area contributed by atoms with Gasteiger partial charge in [0.25, 0.3) is 0 Å². The molecule has 1 aromatic rings. The van der Waals surface area contributed by atoms with Crippen LogP contribution in [0.25, 0.3) is 0 Å². The van der Waals surface area contributed by atoms with E-state index in [1.807, 2.05) is 6.08 Å². The van der Waals surface area contributed by atoms with E-state index in [0.717, 1.165) is 36.4 Å². The molecule has 4 aliphatic carbocycles. The minimum Gasteiger partial charge on any atom is -0.342 e. The number of para-hydroxylation sites is 1. The van der Waals surface area contributed by atoms with Crippen molar-refractivity contribution in [2.75, 3.05) is 16.8 Å². The second-order valence-electron chi connectivity index (χ2n) is 9.29. The van der Waals surface area contributed by atoms with Crippen molar-refractivity contribution in [1.82, 2.24) is 0 Å². The van der Waals surface area contributed by atoms with Crippen LogP contribution in [0.4, 0.5) is 11.4 Å². The van der Waals surface area contributed by atoms with Gasteiger partial charge in [0, 0.05) is 23.7 Å². The van der Waals surface area contributed by atoms with Crippen molar-refractivity contribution in [3.8, 4) is 0 Å². The van der Waals surface area contributed by atoms with Crippen molar-refractivity contribution in [3.05, 3.63) is 35.5 Å². The summed E-state index contributed by atoms with van der Waals surface area (Å²) in [7, 11) is 0. The molecule has 7 rings (SSSR count).